The summed E-state index contributed by atoms with van der Waals surface area (Å²) in [5, 5.41) is 5.81. The van der Waals surface area contributed by atoms with E-state index in [2.05, 4.69) is 123 Å². The van der Waals surface area contributed by atoms with Gasteiger partial charge >= 0.3 is 95.6 Å². The molecule has 46 heavy (non-hydrogen) atoms. The summed E-state index contributed by atoms with van der Waals surface area (Å²) in [6.07, 6.45) is 24.1. The van der Waals surface area contributed by atoms with Crippen molar-refractivity contribution in [2.45, 2.75) is 82.5 Å². The van der Waals surface area contributed by atoms with Gasteiger partial charge in [-0.3, -0.25) is 6.08 Å². The Morgan fingerprint density at radius 2 is 1.04 bits per heavy atom. The van der Waals surface area contributed by atoms with Crippen LogP contribution in [0.1, 0.15) is 105 Å². The molecule has 5 aromatic rings. The molecule has 5 aromatic carbocycles. The van der Waals surface area contributed by atoms with E-state index in [1.807, 2.05) is 24.3 Å². The van der Waals surface area contributed by atoms with Crippen molar-refractivity contribution in [2.24, 2.45) is 0 Å². The third kappa shape index (κ3) is 9.48. The summed E-state index contributed by atoms with van der Waals surface area (Å²) < 4.78 is 1.33. The summed E-state index contributed by atoms with van der Waals surface area (Å²) in [6.45, 7) is 0. The van der Waals surface area contributed by atoms with Crippen molar-refractivity contribution in [3.63, 3.8) is 0 Å². The van der Waals surface area contributed by atoms with E-state index in [4.69, 9.17) is 0 Å². The van der Waals surface area contributed by atoms with Gasteiger partial charge in [-0.2, -0.15) is 6.08 Å². The number of benzene rings is 4. The summed E-state index contributed by atoms with van der Waals surface area (Å²) in [5.74, 6) is 1.60. The average Bonchev–Trinajstić information content (AvgIpc) is 3.81. The van der Waals surface area contributed by atoms with Crippen molar-refractivity contribution >= 4 is 25.4 Å². The third-order valence-corrected chi connectivity index (χ3v) is 10.5. The van der Waals surface area contributed by atoms with Crippen LogP contribution in [0.5, 0.6) is 0 Å². The fraction of sp³-hybridized carbons (Fsp3) is 0.302. The Morgan fingerprint density at radius 3 is 1.41 bits per heavy atom. The van der Waals surface area contributed by atoms with Crippen LogP contribution < -0.4 is 24.8 Å². The average molecular weight is 680 g/mol. The fourth-order valence-corrected chi connectivity index (χ4v) is 7.68. The minimum Gasteiger partial charge on any atom is -0.126 e. The zero-order valence-corrected chi connectivity index (χ0v) is 29.8. The molecule has 3 heteroatoms. The molecule has 0 bridgehead atoms. The molecule has 8 rings (SSSR count). The molecule has 3 aliphatic carbocycles. The molecule has 0 saturated heterocycles. The van der Waals surface area contributed by atoms with Crippen molar-refractivity contribution in [3.8, 4) is 0 Å². The summed E-state index contributed by atoms with van der Waals surface area (Å²) in [7, 11) is 0. The second kappa shape index (κ2) is 18.7. The van der Waals surface area contributed by atoms with Crippen LogP contribution in [0.2, 0.25) is 0 Å². The molecule has 3 aliphatic rings. The number of hydrogen-bond donors (Lipinski definition) is 0. The van der Waals surface area contributed by atoms with Crippen LogP contribution in [0.25, 0.3) is 21.5 Å². The third-order valence-electron chi connectivity index (χ3n) is 9.62. The Balaban J connectivity index is 0.000000193. The van der Waals surface area contributed by atoms with Crippen molar-refractivity contribution in [1.29, 1.82) is 0 Å². The van der Waals surface area contributed by atoms with E-state index in [-0.39, 0.29) is 24.8 Å². The van der Waals surface area contributed by atoms with Crippen molar-refractivity contribution in [3.05, 3.63) is 150 Å². The van der Waals surface area contributed by atoms with Gasteiger partial charge in [-0.1, -0.05) is 73.9 Å². The predicted molar refractivity (Wildman–Crippen MR) is 186 cm³/mol. The predicted octanol–water partition coefficient (Wildman–Crippen LogP) is 5.92. The van der Waals surface area contributed by atoms with Gasteiger partial charge in [0.05, 0.1) is 0 Å². The Morgan fingerprint density at radius 1 is 0.587 bits per heavy atom. The minimum absolute atomic E-state index is 0. The van der Waals surface area contributed by atoms with Crippen molar-refractivity contribution in [2.75, 3.05) is 0 Å². The number of rotatable bonds is 4. The van der Waals surface area contributed by atoms with Crippen LogP contribution in [-0.2, 0) is 20.0 Å². The molecular weight excluding hydrogens is 635 g/mol. The molecular formula is C43H44Cl2Ti-2. The van der Waals surface area contributed by atoms with E-state index < -0.39 is 0 Å². The number of fused-ring (bicyclic) bond motifs is 3. The number of halogens is 2. The molecule has 2 fully saturated rings. The fourth-order valence-electron chi connectivity index (χ4n) is 7.16. The minimum atomic E-state index is 0. The Hall–Kier alpha value is -2.61. The smallest absolute Gasteiger partial charge is 0.0232 e. The van der Waals surface area contributed by atoms with Gasteiger partial charge in [-0.15, -0.1) is 46.2 Å². The van der Waals surface area contributed by atoms with Gasteiger partial charge in [0.25, 0.3) is 0 Å². The SMILES string of the molecule is [C-]1=CC=CC1.[Cl-].[Cl-].[Ti+2]=[C](c1ccccc1)c1ccccc1.c1cc2c(cc1C1CCCCC1)[cH-]c1cc(C3CCCCC3)ccc12. The van der Waals surface area contributed by atoms with Gasteiger partial charge in [0.15, 0.2) is 0 Å². The first-order chi connectivity index (χ1) is 21.8. The molecule has 0 heterocycles. The van der Waals surface area contributed by atoms with Crippen LogP contribution in [0.4, 0.5) is 0 Å². The van der Waals surface area contributed by atoms with Gasteiger partial charge in [0.1, 0.15) is 0 Å². The first-order valence-corrected chi connectivity index (χ1v) is 17.6. The second-order valence-electron chi connectivity index (χ2n) is 12.6. The Bertz CT molecular complexity index is 1580. The number of allylic oxidation sites excluding steroid dienone is 4. The Kier molecular flexibility index (Phi) is 14.7. The molecule has 236 valence electrons. The maximum absolute atomic E-state index is 2.99. The molecule has 0 unspecified atom stereocenters. The standard InChI is InChI=1S/C25H29.C13H10.C5H5.2ClH.Ti/c1-3-7-18(8-4-1)20-11-13-24-22(15-20)17-23-16-21(12-14-25(23)24)19-9-5-2-6-10-19;1-3-7-12(8-4-1)11-13-9-5-2-6-10-13;1-2-4-5-3-1;;;/h11-19H,1-10H2;1-10H;1-3H,4H2;2*1H;/q-1;;-1;;;+2/p-2. The zero-order chi connectivity index (χ0) is 30.0. The molecule has 0 amide bonds. The molecule has 2 saturated carbocycles. The molecule has 0 nitrogen and oxygen atoms in total. The van der Waals surface area contributed by atoms with Crippen LogP contribution in [-0.4, -0.2) is 3.81 Å². The molecule has 0 spiro atoms. The first kappa shape index (κ1) is 36.2. The van der Waals surface area contributed by atoms with E-state index in [1.165, 1.54) is 101 Å². The van der Waals surface area contributed by atoms with E-state index in [9.17, 15) is 0 Å². The molecule has 0 aliphatic heterocycles. The van der Waals surface area contributed by atoms with E-state index in [0.29, 0.717) is 0 Å². The van der Waals surface area contributed by atoms with Crippen LogP contribution in [0.3, 0.4) is 0 Å². The van der Waals surface area contributed by atoms with Gasteiger partial charge in [0, 0.05) is 0 Å². The number of hydrogen-bond acceptors (Lipinski definition) is 0. The summed E-state index contributed by atoms with van der Waals surface area (Å²) in [5.41, 5.74) is 5.74. The molecule has 0 aromatic heterocycles. The normalized spacial score (nSPS) is 16.0. The maximum Gasteiger partial charge on any atom is -0.0232 e. The molecule has 0 atom stereocenters. The molecule has 0 radical (unpaired) electrons. The monoisotopic (exact) mass is 678 g/mol. The van der Waals surface area contributed by atoms with E-state index in [0.717, 1.165) is 18.3 Å². The van der Waals surface area contributed by atoms with E-state index in [1.54, 1.807) is 11.1 Å². The molecule has 0 N–H and O–H groups in total. The summed E-state index contributed by atoms with van der Waals surface area (Å²) >= 11 is 2.16. The van der Waals surface area contributed by atoms with Crippen molar-refractivity contribution in [1.82, 2.24) is 0 Å². The van der Waals surface area contributed by atoms with Gasteiger partial charge < -0.3 is 24.8 Å². The van der Waals surface area contributed by atoms with Gasteiger partial charge in [0.2, 0.25) is 0 Å². The van der Waals surface area contributed by atoms with Crippen LogP contribution >= 0.6 is 0 Å². The second-order valence-corrected chi connectivity index (χ2v) is 13.4. The summed E-state index contributed by atoms with van der Waals surface area (Å²) in [6, 6.07) is 38.0. The quantitative estimate of drug-likeness (QED) is 0.164. The topological polar surface area (TPSA) is 0 Å². The largest absolute Gasteiger partial charge is 0.126 e. The van der Waals surface area contributed by atoms with Crippen LogP contribution in [0.15, 0.2) is 121 Å². The van der Waals surface area contributed by atoms with E-state index >= 15 is 0 Å². The van der Waals surface area contributed by atoms with Gasteiger partial charge in [-0.05, 0) is 37.5 Å². The van der Waals surface area contributed by atoms with Gasteiger partial charge in [-0.25, -0.2) is 12.2 Å². The van der Waals surface area contributed by atoms with Crippen molar-refractivity contribution < 1.29 is 44.8 Å². The summed E-state index contributed by atoms with van der Waals surface area (Å²) in [4.78, 5) is 0. The first-order valence-electron chi connectivity index (χ1n) is 16.8. The Labute approximate surface area is 300 Å². The zero-order valence-electron chi connectivity index (χ0n) is 26.7. The maximum atomic E-state index is 2.99. The van der Waals surface area contributed by atoms with Crippen LogP contribution in [0, 0.1) is 6.08 Å².